The number of benzene rings is 3. The third-order valence-corrected chi connectivity index (χ3v) is 7.91. The fraction of sp³-hybridized carbons (Fsp3) is 0.323. The van der Waals surface area contributed by atoms with Gasteiger partial charge in [-0.05, 0) is 62.1 Å². The van der Waals surface area contributed by atoms with Gasteiger partial charge in [-0.15, -0.1) is 0 Å². The smallest absolute Gasteiger partial charge is 0.338 e. The van der Waals surface area contributed by atoms with Crippen molar-refractivity contribution in [1.29, 1.82) is 0 Å². The summed E-state index contributed by atoms with van der Waals surface area (Å²) in [7, 11) is -3.87. The minimum Gasteiger partial charge on any atom is -0.462 e. The van der Waals surface area contributed by atoms with Gasteiger partial charge < -0.3 is 4.74 Å². The number of carbonyl (C=O) groups excluding carboxylic acids is 1. The minimum atomic E-state index is -3.87. The molecule has 3 aromatic carbocycles. The van der Waals surface area contributed by atoms with Crippen molar-refractivity contribution in [3.05, 3.63) is 107 Å². The van der Waals surface area contributed by atoms with E-state index in [-0.39, 0.29) is 11.4 Å². The summed E-state index contributed by atoms with van der Waals surface area (Å²) in [5.74, 6) is -0.396. The molecule has 0 radical (unpaired) electrons. The van der Waals surface area contributed by atoms with E-state index in [0.29, 0.717) is 17.9 Å². The SMILES string of the molecule is CCCCCC/C=C(\c1ccc(C(=O)OCC)cc1)N(Cc1ccccc1)S(=O)(=O)c1ccc(C)cc1. The quantitative estimate of drug-likeness (QED) is 0.175. The Morgan fingerprint density at radius 3 is 2.11 bits per heavy atom. The zero-order valence-electron chi connectivity index (χ0n) is 22.0. The van der Waals surface area contributed by atoms with Gasteiger partial charge in [0.05, 0.1) is 29.3 Å². The summed E-state index contributed by atoms with van der Waals surface area (Å²) in [5, 5.41) is 0. The summed E-state index contributed by atoms with van der Waals surface area (Å²) in [6.45, 7) is 6.36. The van der Waals surface area contributed by atoms with Crippen LogP contribution >= 0.6 is 0 Å². The molecule has 0 unspecified atom stereocenters. The summed E-state index contributed by atoms with van der Waals surface area (Å²) >= 11 is 0. The lowest BCUT2D eigenvalue weighted by atomic mass is 10.1. The molecule has 0 N–H and O–H groups in total. The molecule has 196 valence electrons. The Morgan fingerprint density at radius 2 is 1.49 bits per heavy atom. The number of unbranched alkanes of at least 4 members (excludes halogenated alkanes) is 4. The molecule has 0 fully saturated rings. The molecule has 0 aliphatic rings. The number of aryl methyl sites for hydroxylation is 1. The van der Waals surface area contributed by atoms with Crippen LogP contribution in [0.1, 0.15) is 73.0 Å². The van der Waals surface area contributed by atoms with E-state index < -0.39 is 16.0 Å². The summed E-state index contributed by atoms with van der Waals surface area (Å²) < 4.78 is 34.7. The monoisotopic (exact) mass is 519 g/mol. The Kier molecular flexibility index (Phi) is 10.5. The fourth-order valence-corrected chi connectivity index (χ4v) is 5.54. The number of nitrogens with zero attached hydrogens (tertiary/aromatic N) is 1. The van der Waals surface area contributed by atoms with Gasteiger partial charge in [-0.3, -0.25) is 4.31 Å². The maximum atomic E-state index is 14.1. The highest BCUT2D eigenvalue weighted by molar-refractivity contribution is 7.89. The molecule has 0 aromatic heterocycles. The van der Waals surface area contributed by atoms with Gasteiger partial charge in [0.1, 0.15) is 0 Å². The number of allylic oxidation sites excluding steroid dienone is 1. The number of hydrogen-bond donors (Lipinski definition) is 0. The van der Waals surface area contributed by atoms with Crippen molar-refractivity contribution in [3.8, 4) is 0 Å². The second-order valence-corrected chi connectivity index (χ2v) is 10.9. The average molecular weight is 520 g/mol. The molecule has 0 amide bonds. The van der Waals surface area contributed by atoms with E-state index in [0.717, 1.165) is 48.8 Å². The van der Waals surface area contributed by atoms with Crippen LogP contribution in [0.5, 0.6) is 0 Å². The van der Waals surface area contributed by atoms with Crippen LogP contribution in [0, 0.1) is 6.92 Å². The molecule has 6 heteroatoms. The lowest BCUT2D eigenvalue weighted by molar-refractivity contribution is 0.0526. The van der Waals surface area contributed by atoms with Crippen LogP contribution in [-0.2, 0) is 21.3 Å². The molecule has 0 aliphatic carbocycles. The first-order chi connectivity index (χ1) is 17.9. The molecule has 0 heterocycles. The van der Waals surface area contributed by atoms with Gasteiger partial charge in [0.15, 0.2) is 0 Å². The highest BCUT2D eigenvalue weighted by Crippen LogP contribution is 2.30. The maximum Gasteiger partial charge on any atom is 0.338 e. The van der Waals surface area contributed by atoms with Crippen LogP contribution in [0.3, 0.4) is 0 Å². The van der Waals surface area contributed by atoms with Crippen LogP contribution in [0.15, 0.2) is 89.8 Å². The van der Waals surface area contributed by atoms with Gasteiger partial charge in [0, 0.05) is 0 Å². The Bertz CT molecular complexity index is 1270. The Balaban J connectivity index is 2.09. The third kappa shape index (κ3) is 7.80. The molecule has 0 aliphatic heterocycles. The van der Waals surface area contributed by atoms with Gasteiger partial charge in [0.25, 0.3) is 10.0 Å². The number of carbonyl (C=O) groups is 1. The van der Waals surface area contributed by atoms with Crippen LogP contribution in [0.4, 0.5) is 0 Å². The Hall–Kier alpha value is -3.38. The van der Waals surface area contributed by atoms with Crippen molar-refractivity contribution in [2.45, 2.75) is 64.3 Å². The molecule has 5 nitrogen and oxygen atoms in total. The molecular weight excluding hydrogens is 482 g/mol. The second-order valence-electron chi connectivity index (χ2n) is 9.05. The van der Waals surface area contributed by atoms with E-state index in [1.165, 1.54) is 4.31 Å². The minimum absolute atomic E-state index is 0.192. The van der Waals surface area contributed by atoms with E-state index in [1.807, 2.05) is 55.5 Å². The zero-order valence-corrected chi connectivity index (χ0v) is 22.8. The predicted octanol–water partition coefficient (Wildman–Crippen LogP) is 7.37. The highest BCUT2D eigenvalue weighted by atomic mass is 32.2. The standard InChI is InChI=1S/C31H37NO4S/c1-4-6-7-8-12-15-30(27-18-20-28(21-19-27)31(33)36-5-2)32(24-26-13-10-9-11-14-26)37(34,35)29-22-16-25(3)17-23-29/h9-11,13-23H,4-8,12,24H2,1-3H3/b30-15+. The van der Waals surface area contributed by atoms with Crippen LogP contribution in [0.25, 0.3) is 5.70 Å². The largest absolute Gasteiger partial charge is 0.462 e. The number of esters is 1. The van der Waals surface area contributed by atoms with Gasteiger partial charge in [-0.1, -0.05) is 92.4 Å². The third-order valence-electron chi connectivity index (χ3n) is 6.13. The van der Waals surface area contributed by atoms with Gasteiger partial charge in [0.2, 0.25) is 0 Å². The van der Waals surface area contributed by atoms with Crippen LogP contribution in [-0.4, -0.2) is 25.3 Å². The molecular formula is C31H37NO4S. The molecule has 0 saturated carbocycles. The number of rotatable bonds is 13. The molecule has 0 spiro atoms. The van der Waals surface area contributed by atoms with Crippen molar-refractivity contribution < 1.29 is 17.9 Å². The number of sulfonamides is 1. The normalized spacial score (nSPS) is 11.8. The number of ether oxygens (including phenoxy) is 1. The van der Waals surface area contributed by atoms with Crippen molar-refractivity contribution in [3.63, 3.8) is 0 Å². The van der Waals surface area contributed by atoms with Crippen molar-refractivity contribution in [2.24, 2.45) is 0 Å². The summed E-state index contributed by atoms with van der Waals surface area (Å²) in [6, 6.07) is 23.5. The lowest BCUT2D eigenvalue weighted by Gasteiger charge is -2.28. The van der Waals surface area contributed by atoms with Crippen molar-refractivity contribution in [1.82, 2.24) is 4.31 Å². The highest BCUT2D eigenvalue weighted by Gasteiger charge is 2.28. The van der Waals surface area contributed by atoms with E-state index >= 15 is 0 Å². The van der Waals surface area contributed by atoms with Gasteiger partial charge in [-0.25, -0.2) is 13.2 Å². The zero-order chi connectivity index (χ0) is 26.7. The molecule has 0 bridgehead atoms. The molecule has 0 saturated heterocycles. The first-order valence-corrected chi connectivity index (χ1v) is 14.4. The number of hydrogen-bond acceptors (Lipinski definition) is 4. The summed E-state index contributed by atoms with van der Waals surface area (Å²) in [4.78, 5) is 12.4. The Labute approximate surface area is 221 Å². The van der Waals surface area contributed by atoms with E-state index in [2.05, 4.69) is 6.92 Å². The predicted molar refractivity (Wildman–Crippen MR) is 149 cm³/mol. The van der Waals surface area contributed by atoms with Crippen molar-refractivity contribution >= 4 is 21.7 Å². The summed E-state index contributed by atoms with van der Waals surface area (Å²) in [5.41, 5.74) is 3.66. The van der Waals surface area contributed by atoms with E-state index in [1.54, 1.807) is 43.3 Å². The Morgan fingerprint density at radius 1 is 0.838 bits per heavy atom. The molecule has 37 heavy (non-hydrogen) atoms. The first kappa shape index (κ1) is 28.2. The molecule has 0 atom stereocenters. The molecule has 3 rings (SSSR count). The van der Waals surface area contributed by atoms with Gasteiger partial charge >= 0.3 is 5.97 Å². The van der Waals surface area contributed by atoms with Crippen LogP contribution < -0.4 is 0 Å². The van der Waals surface area contributed by atoms with Gasteiger partial charge in [-0.2, -0.15) is 0 Å². The average Bonchev–Trinajstić information content (AvgIpc) is 2.91. The topological polar surface area (TPSA) is 63.7 Å². The second kappa shape index (κ2) is 13.8. The van der Waals surface area contributed by atoms with E-state index in [4.69, 9.17) is 4.74 Å². The fourth-order valence-electron chi connectivity index (χ4n) is 4.05. The van der Waals surface area contributed by atoms with E-state index in [9.17, 15) is 13.2 Å². The van der Waals surface area contributed by atoms with Crippen LogP contribution in [0.2, 0.25) is 0 Å². The van der Waals surface area contributed by atoms with Crippen molar-refractivity contribution in [2.75, 3.05) is 6.61 Å². The summed E-state index contributed by atoms with van der Waals surface area (Å²) in [6.07, 6.45) is 7.11. The first-order valence-electron chi connectivity index (χ1n) is 13.0. The lowest BCUT2D eigenvalue weighted by Crippen LogP contribution is -2.29. The maximum absolute atomic E-state index is 14.1. The molecule has 3 aromatic rings.